The molecule has 0 radical (unpaired) electrons. The second-order valence-electron chi connectivity index (χ2n) is 12.1. The standard InChI is InChI=1S/C25H41P/c1-2-3-4-5-26(24-12-18-6-19(13-24)8-20(7-18)14-24)25-15-21-9-22(16-25)11-23(10-21)17-25/h18-23H,2-17H2,1H3. The molecule has 0 saturated heterocycles. The van der Waals surface area contributed by atoms with E-state index in [0.29, 0.717) is 0 Å². The number of rotatable bonds is 6. The van der Waals surface area contributed by atoms with E-state index >= 15 is 0 Å². The van der Waals surface area contributed by atoms with E-state index in [0.717, 1.165) is 45.8 Å². The van der Waals surface area contributed by atoms with Gasteiger partial charge < -0.3 is 0 Å². The SMILES string of the molecule is CCCCCP(C12CC3CC(CC(C3)C1)C2)C12CC3CC(CC(C3)C1)C2. The summed E-state index contributed by atoms with van der Waals surface area (Å²) in [5.41, 5.74) is 0. The average molecular weight is 373 g/mol. The zero-order chi connectivity index (χ0) is 17.4. The lowest BCUT2D eigenvalue weighted by molar-refractivity contribution is 0.0185. The molecule has 8 aliphatic rings. The molecule has 0 aromatic heterocycles. The van der Waals surface area contributed by atoms with Crippen LogP contribution in [0.4, 0.5) is 0 Å². The third-order valence-corrected chi connectivity index (χ3v) is 14.3. The first-order chi connectivity index (χ1) is 12.7. The molecule has 8 aliphatic carbocycles. The van der Waals surface area contributed by atoms with Crippen LogP contribution >= 0.6 is 7.92 Å². The molecule has 26 heavy (non-hydrogen) atoms. The number of hydrogen-bond donors (Lipinski definition) is 0. The zero-order valence-corrected chi connectivity index (χ0v) is 18.1. The second kappa shape index (κ2) is 6.21. The van der Waals surface area contributed by atoms with Crippen molar-refractivity contribution >= 4 is 7.92 Å². The van der Waals surface area contributed by atoms with Crippen LogP contribution in [0.25, 0.3) is 0 Å². The number of hydrogen-bond acceptors (Lipinski definition) is 0. The Labute approximate surface area is 163 Å². The van der Waals surface area contributed by atoms with Crippen LogP contribution in [0.1, 0.15) is 103 Å². The van der Waals surface area contributed by atoms with Crippen molar-refractivity contribution < 1.29 is 0 Å². The molecule has 0 aliphatic heterocycles. The largest absolute Gasteiger partial charge is 0.0939 e. The Kier molecular flexibility index (Phi) is 4.13. The summed E-state index contributed by atoms with van der Waals surface area (Å²) >= 11 is 0. The van der Waals surface area contributed by atoms with E-state index < -0.39 is 0 Å². The highest BCUT2D eigenvalue weighted by Crippen LogP contribution is 2.78. The van der Waals surface area contributed by atoms with Gasteiger partial charge in [0.1, 0.15) is 0 Å². The molecule has 8 fully saturated rings. The maximum Gasteiger partial charge on any atom is -0.00815 e. The van der Waals surface area contributed by atoms with Gasteiger partial charge in [0.25, 0.3) is 0 Å². The van der Waals surface area contributed by atoms with Crippen molar-refractivity contribution in [2.75, 3.05) is 6.16 Å². The van der Waals surface area contributed by atoms with Crippen LogP contribution in [-0.2, 0) is 0 Å². The summed E-state index contributed by atoms with van der Waals surface area (Å²) in [4.78, 5) is 0. The van der Waals surface area contributed by atoms with Gasteiger partial charge in [-0.05, 0) is 135 Å². The molecular weight excluding hydrogens is 331 g/mol. The summed E-state index contributed by atoms with van der Waals surface area (Å²) in [6, 6.07) is 0. The smallest absolute Gasteiger partial charge is 0.00815 e. The van der Waals surface area contributed by atoms with Gasteiger partial charge >= 0.3 is 0 Å². The molecule has 0 spiro atoms. The van der Waals surface area contributed by atoms with Crippen LogP contribution in [0.5, 0.6) is 0 Å². The average Bonchev–Trinajstić information content (AvgIpc) is 2.56. The Hall–Kier alpha value is 0.430. The van der Waals surface area contributed by atoms with Crippen molar-refractivity contribution in [2.24, 2.45) is 35.5 Å². The van der Waals surface area contributed by atoms with Gasteiger partial charge in [-0.3, -0.25) is 0 Å². The van der Waals surface area contributed by atoms with Gasteiger partial charge in [-0.25, -0.2) is 0 Å². The third kappa shape index (κ3) is 2.63. The van der Waals surface area contributed by atoms with E-state index in [1.165, 1.54) is 12.8 Å². The Morgan fingerprint density at radius 2 is 0.923 bits per heavy atom. The number of unbranched alkanes of at least 4 members (excludes halogenated alkanes) is 2. The van der Waals surface area contributed by atoms with E-state index in [1.807, 2.05) is 0 Å². The van der Waals surface area contributed by atoms with Crippen LogP contribution in [0, 0.1) is 35.5 Å². The van der Waals surface area contributed by atoms with Gasteiger partial charge in [-0.1, -0.05) is 27.7 Å². The van der Waals surface area contributed by atoms with Crippen molar-refractivity contribution in [2.45, 2.75) is 114 Å². The maximum absolute atomic E-state index is 2.41. The normalized spacial score (nSPS) is 54.8. The third-order valence-electron chi connectivity index (χ3n) is 10.1. The minimum atomic E-state index is 0.280. The predicted molar refractivity (Wildman–Crippen MR) is 113 cm³/mol. The molecule has 0 unspecified atom stereocenters. The van der Waals surface area contributed by atoms with Crippen molar-refractivity contribution in [3.63, 3.8) is 0 Å². The Morgan fingerprint density at radius 1 is 0.577 bits per heavy atom. The first-order valence-electron chi connectivity index (χ1n) is 12.4. The predicted octanol–water partition coefficient (Wildman–Crippen LogP) is 7.60. The molecule has 0 atom stereocenters. The molecule has 0 nitrogen and oxygen atoms in total. The fourth-order valence-electron chi connectivity index (χ4n) is 10.3. The molecule has 0 aromatic carbocycles. The van der Waals surface area contributed by atoms with Crippen molar-refractivity contribution in [3.05, 3.63) is 0 Å². The highest BCUT2D eigenvalue weighted by molar-refractivity contribution is 7.61. The first kappa shape index (κ1) is 17.3. The Bertz CT molecular complexity index is 434. The topological polar surface area (TPSA) is 0 Å². The summed E-state index contributed by atoms with van der Waals surface area (Å²) in [6.07, 6.45) is 26.2. The van der Waals surface area contributed by atoms with Crippen LogP contribution in [-0.4, -0.2) is 16.5 Å². The fraction of sp³-hybridized carbons (Fsp3) is 1.00. The first-order valence-corrected chi connectivity index (χ1v) is 14.0. The van der Waals surface area contributed by atoms with Gasteiger partial charge in [0.05, 0.1) is 0 Å². The van der Waals surface area contributed by atoms with Crippen molar-refractivity contribution in [3.8, 4) is 0 Å². The molecule has 146 valence electrons. The summed E-state index contributed by atoms with van der Waals surface area (Å²) in [7, 11) is 0.280. The fourth-order valence-corrected chi connectivity index (χ4v) is 15.7. The molecule has 8 bridgehead atoms. The molecular formula is C25H41P. The van der Waals surface area contributed by atoms with E-state index in [-0.39, 0.29) is 7.92 Å². The van der Waals surface area contributed by atoms with E-state index in [1.54, 1.807) is 89.6 Å². The van der Waals surface area contributed by atoms with Crippen LogP contribution < -0.4 is 0 Å². The van der Waals surface area contributed by atoms with Crippen LogP contribution in [0.2, 0.25) is 0 Å². The molecule has 0 heterocycles. The molecule has 8 saturated carbocycles. The van der Waals surface area contributed by atoms with E-state index in [4.69, 9.17) is 0 Å². The lowest BCUT2D eigenvalue weighted by Gasteiger charge is -2.67. The van der Waals surface area contributed by atoms with E-state index in [2.05, 4.69) is 6.92 Å². The van der Waals surface area contributed by atoms with Crippen LogP contribution in [0.3, 0.4) is 0 Å². The highest BCUT2D eigenvalue weighted by atomic mass is 31.1. The Balaban J connectivity index is 1.35. The van der Waals surface area contributed by atoms with Gasteiger partial charge in [0, 0.05) is 0 Å². The van der Waals surface area contributed by atoms with Crippen molar-refractivity contribution in [1.82, 2.24) is 0 Å². The highest BCUT2D eigenvalue weighted by Gasteiger charge is 2.62. The van der Waals surface area contributed by atoms with Gasteiger partial charge in [-0.15, -0.1) is 0 Å². The monoisotopic (exact) mass is 372 g/mol. The quantitative estimate of drug-likeness (QED) is 0.333. The minimum Gasteiger partial charge on any atom is -0.0939 e. The van der Waals surface area contributed by atoms with Gasteiger partial charge in [-0.2, -0.15) is 0 Å². The molecule has 1 heteroatoms. The van der Waals surface area contributed by atoms with Crippen molar-refractivity contribution in [1.29, 1.82) is 0 Å². The van der Waals surface area contributed by atoms with E-state index in [9.17, 15) is 0 Å². The lowest BCUT2D eigenvalue weighted by atomic mass is 9.55. The molecule has 0 aromatic rings. The molecule has 0 N–H and O–H groups in total. The molecule has 8 rings (SSSR count). The maximum atomic E-state index is 2.41. The van der Waals surface area contributed by atoms with Crippen LogP contribution in [0.15, 0.2) is 0 Å². The summed E-state index contributed by atoms with van der Waals surface area (Å²) in [5, 5.41) is 1.76. The zero-order valence-electron chi connectivity index (χ0n) is 17.2. The lowest BCUT2D eigenvalue weighted by Crippen LogP contribution is -2.56. The summed E-state index contributed by atoms with van der Waals surface area (Å²) < 4.78 is 0. The second-order valence-corrected chi connectivity index (χ2v) is 15.3. The minimum absolute atomic E-state index is 0.280. The van der Waals surface area contributed by atoms with Gasteiger partial charge in [0.2, 0.25) is 0 Å². The van der Waals surface area contributed by atoms with Gasteiger partial charge in [0.15, 0.2) is 0 Å². The summed E-state index contributed by atoms with van der Waals surface area (Å²) in [5.74, 6) is 6.95. The molecule has 0 amide bonds. The summed E-state index contributed by atoms with van der Waals surface area (Å²) in [6.45, 7) is 2.41. The Morgan fingerprint density at radius 3 is 1.23 bits per heavy atom.